The van der Waals surface area contributed by atoms with Gasteiger partial charge in [-0.2, -0.15) is 11.8 Å². The third kappa shape index (κ3) is 6.70. The van der Waals surface area contributed by atoms with Crippen LogP contribution < -0.4 is 0 Å². The van der Waals surface area contributed by atoms with E-state index in [4.69, 9.17) is 23.2 Å². The highest BCUT2D eigenvalue weighted by atomic mass is 35.5. The van der Waals surface area contributed by atoms with Crippen LogP contribution >= 0.6 is 35.0 Å². The quantitative estimate of drug-likeness (QED) is 0.402. The minimum atomic E-state index is 0.367. The summed E-state index contributed by atoms with van der Waals surface area (Å²) in [4.78, 5) is 4.20. The average molecular weight is 385 g/mol. The Labute approximate surface area is 160 Å². The van der Waals surface area contributed by atoms with Crippen molar-refractivity contribution in [3.05, 3.63) is 52.5 Å². The lowest BCUT2D eigenvalue weighted by Gasteiger charge is -2.19. The number of aromatic nitrogens is 2. The van der Waals surface area contributed by atoms with E-state index in [2.05, 4.69) is 16.5 Å². The number of benzene rings is 1. The van der Waals surface area contributed by atoms with Crippen molar-refractivity contribution < 1.29 is 0 Å². The zero-order valence-corrected chi connectivity index (χ0v) is 16.6. The van der Waals surface area contributed by atoms with Gasteiger partial charge in [-0.15, -0.1) is 0 Å². The molecule has 0 bridgehead atoms. The van der Waals surface area contributed by atoms with Crippen molar-refractivity contribution in [1.29, 1.82) is 0 Å². The first kappa shape index (κ1) is 19.7. The zero-order chi connectivity index (χ0) is 17.2. The lowest BCUT2D eigenvalue weighted by atomic mass is 10.1. The van der Waals surface area contributed by atoms with E-state index in [1.54, 1.807) is 0 Å². The minimum Gasteiger partial charge on any atom is -0.333 e. The predicted molar refractivity (Wildman–Crippen MR) is 108 cm³/mol. The SMILES string of the molecule is CCCCCCCSC[C@@H](Cc1ccc(Cl)cc1Cl)n1ccnc1. The first-order valence-electron chi connectivity index (χ1n) is 8.69. The van der Waals surface area contributed by atoms with Crippen LogP contribution in [-0.2, 0) is 6.42 Å². The van der Waals surface area contributed by atoms with Crippen molar-refractivity contribution in [2.45, 2.75) is 51.5 Å². The molecule has 0 aliphatic rings. The molecule has 1 atom stereocenters. The van der Waals surface area contributed by atoms with Gasteiger partial charge in [0, 0.05) is 34.2 Å². The van der Waals surface area contributed by atoms with Crippen LogP contribution in [0.15, 0.2) is 36.9 Å². The summed E-state index contributed by atoms with van der Waals surface area (Å²) in [7, 11) is 0. The van der Waals surface area contributed by atoms with E-state index >= 15 is 0 Å². The first-order chi connectivity index (χ1) is 11.7. The molecule has 0 N–H and O–H groups in total. The third-order valence-corrected chi connectivity index (χ3v) is 5.90. The molecule has 0 unspecified atom stereocenters. The second-order valence-electron chi connectivity index (χ2n) is 6.09. The Morgan fingerprint density at radius 1 is 1.17 bits per heavy atom. The van der Waals surface area contributed by atoms with Gasteiger partial charge in [-0.3, -0.25) is 0 Å². The molecule has 24 heavy (non-hydrogen) atoms. The summed E-state index contributed by atoms with van der Waals surface area (Å²) in [6.45, 7) is 2.26. The number of thioether (sulfide) groups is 1. The largest absolute Gasteiger partial charge is 0.333 e. The molecule has 5 heteroatoms. The van der Waals surface area contributed by atoms with Crippen molar-refractivity contribution in [3.8, 4) is 0 Å². The fraction of sp³-hybridized carbons (Fsp3) is 0.526. The number of rotatable bonds is 11. The van der Waals surface area contributed by atoms with E-state index in [-0.39, 0.29) is 0 Å². The van der Waals surface area contributed by atoms with Crippen molar-refractivity contribution in [1.82, 2.24) is 9.55 Å². The molecule has 132 valence electrons. The Hall–Kier alpha value is -0.640. The fourth-order valence-electron chi connectivity index (χ4n) is 2.70. The molecule has 2 aromatic rings. The van der Waals surface area contributed by atoms with Crippen molar-refractivity contribution in [2.75, 3.05) is 11.5 Å². The summed E-state index contributed by atoms with van der Waals surface area (Å²) >= 11 is 14.4. The molecular weight excluding hydrogens is 359 g/mol. The van der Waals surface area contributed by atoms with Crippen molar-refractivity contribution in [2.24, 2.45) is 0 Å². The van der Waals surface area contributed by atoms with E-state index in [1.807, 2.05) is 48.7 Å². The number of halogens is 2. The maximum Gasteiger partial charge on any atom is 0.0948 e. The minimum absolute atomic E-state index is 0.367. The van der Waals surface area contributed by atoms with Crippen LogP contribution in [0.1, 0.15) is 50.6 Å². The summed E-state index contributed by atoms with van der Waals surface area (Å²) in [6, 6.07) is 6.13. The van der Waals surface area contributed by atoms with Gasteiger partial charge in [0.2, 0.25) is 0 Å². The average Bonchev–Trinajstić information content (AvgIpc) is 3.09. The van der Waals surface area contributed by atoms with Gasteiger partial charge in [0.15, 0.2) is 0 Å². The lowest BCUT2D eigenvalue weighted by Crippen LogP contribution is -2.14. The molecule has 0 aliphatic carbocycles. The Bertz CT molecular complexity index is 587. The van der Waals surface area contributed by atoms with Crippen molar-refractivity contribution >= 4 is 35.0 Å². The van der Waals surface area contributed by atoms with Gasteiger partial charge >= 0.3 is 0 Å². The number of imidazole rings is 1. The fourth-order valence-corrected chi connectivity index (χ4v) is 4.33. The highest BCUT2D eigenvalue weighted by Gasteiger charge is 2.14. The lowest BCUT2D eigenvalue weighted by molar-refractivity contribution is 0.552. The molecule has 2 rings (SSSR count). The number of hydrogen-bond donors (Lipinski definition) is 0. The van der Waals surface area contributed by atoms with Gasteiger partial charge in [0.05, 0.1) is 6.33 Å². The molecule has 0 fully saturated rings. The van der Waals surface area contributed by atoms with Gasteiger partial charge in [-0.1, -0.05) is 61.9 Å². The van der Waals surface area contributed by atoms with Gasteiger partial charge < -0.3 is 4.57 Å². The smallest absolute Gasteiger partial charge is 0.0948 e. The van der Waals surface area contributed by atoms with Crippen LogP contribution in [-0.4, -0.2) is 21.1 Å². The number of hydrogen-bond acceptors (Lipinski definition) is 2. The van der Waals surface area contributed by atoms with Crippen LogP contribution in [0.5, 0.6) is 0 Å². The maximum absolute atomic E-state index is 6.35. The normalized spacial score (nSPS) is 12.5. The van der Waals surface area contributed by atoms with Gasteiger partial charge in [0.1, 0.15) is 0 Å². The molecule has 0 saturated heterocycles. The molecule has 0 saturated carbocycles. The van der Waals surface area contributed by atoms with E-state index in [1.165, 1.54) is 37.9 Å². The third-order valence-electron chi connectivity index (χ3n) is 4.12. The van der Waals surface area contributed by atoms with E-state index in [0.29, 0.717) is 11.1 Å². The molecule has 0 spiro atoms. The van der Waals surface area contributed by atoms with Gasteiger partial charge in [0.25, 0.3) is 0 Å². The Morgan fingerprint density at radius 2 is 2.00 bits per heavy atom. The van der Waals surface area contributed by atoms with E-state index < -0.39 is 0 Å². The standard InChI is InChI=1S/C19H26Cl2N2S/c1-2-3-4-5-6-11-24-14-18(23-10-9-22-15-23)12-16-7-8-17(20)13-19(16)21/h7-10,13,15,18H,2-6,11-12,14H2,1H3/t18-/m1/s1. The topological polar surface area (TPSA) is 17.8 Å². The summed E-state index contributed by atoms with van der Waals surface area (Å²) in [5, 5.41) is 1.43. The van der Waals surface area contributed by atoms with E-state index in [0.717, 1.165) is 22.8 Å². The molecule has 0 amide bonds. The van der Waals surface area contributed by atoms with Crippen LogP contribution in [0.4, 0.5) is 0 Å². The Morgan fingerprint density at radius 3 is 2.71 bits per heavy atom. The summed E-state index contributed by atoms with van der Waals surface area (Å²) < 4.78 is 2.19. The molecule has 1 aromatic carbocycles. The highest BCUT2D eigenvalue weighted by molar-refractivity contribution is 7.99. The van der Waals surface area contributed by atoms with Gasteiger partial charge in [-0.25, -0.2) is 4.98 Å². The molecule has 0 radical (unpaired) electrons. The van der Waals surface area contributed by atoms with E-state index in [9.17, 15) is 0 Å². The van der Waals surface area contributed by atoms with Gasteiger partial charge in [-0.05, 0) is 36.3 Å². The maximum atomic E-state index is 6.35. The molecule has 1 heterocycles. The van der Waals surface area contributed by atoms with Crippen LogP contribution in [0.2, 0.25) is 10.0 Å². The summed E-state index contributed by atoms with van der Waals surface area (Å²) in [5.74, 6) is 2.30. The summed E-state index contributed by atoms with van der Waals surface area (Å²) in [5.41, 5.74) is 1.14. The molecule has 2 nitrogen and oxygen atoms in total. The predicted octanol–water partition coefficient (Wildman–Crippen LogP) is 6.68. The molecular formula is C19H26Cl2N2S. The summed E-state index contributed by atoms with van der Waals surface area (Å²) in [6.07, 6.45) is 13.4. The molecule has 0 aliphatic heterocycles. The van der Waals surface area contributed by atoms with Crippen LogP contribution in [0.3, 0.4) is 0 Å². The van der Waals surface area contributed by atoms with Crippen molar-refractivity contribution in [3.63, 3.8) is 0 Å². The monoisotopic (exact) mass is 384 g/mol. The number of unbranched alkanes of at least 4 members (excludes halogenated alkanes) is 4. The second kappa shape index (κ2) is 11.1. The number of nitrogens with zero attached hydrogens (tertiary/aromatic N) is 2. The van der Waals surface area contributed by atoms with Crippen LogP contribution in [0.25, 0.3) is 0 Å². The van der Waals surface area contributed by atoms with Crippen LogP contribution in [0, 0.1) is 0 Å². The molecule has 1 aromatic heterocycles. The first-order valence-corrected chi connectivity index (χ1v) is 10.6. The Balaban J connectivity index is 1.87. The zero-order valence-electron chi connectivity index (χ0n) is 14.3. The Kier molecular flexibility index (Phi) is 9.08. The highest BCUT2D eigenvalue weighted by Crippen LogP contribution is 2.27. The second-order valence-corrected chi connectivity index (χ2v) is 8.09.